The molecule has 4 heteroatoms. The van der Waals surface area contributed by atoms with E-state index in [1.165, 1.54) is 65.9 Å². The molecule has 0 radical (unpaired) electrons. The van der Waals surface area contributed by atoms with Crippen LogP contribution in [0.15, 0.2) is 243 Å². The summed E-state index contributed by atoms with van der Waals surface area (Å²) in [6.07, 6.45) is 0. The van der Waals surface area contributed by atoms with Crippen LogP contribution in [0.3, 0.4) is 0 Å². The maximum atomic E-state index is 2.37. The van der Waals surface area contributed by atoms with Crippen molar-refractivity contribution >= 4 is 77.7 Å². The molecule has 0 aliphatic heterocycles. The van der Waals surface area contributed by atoms with Crippen molar-refractivity contribution in [1.82, 2.24) is 9.13 Å². The van der Waals surface area contributed by atoms with Gasteiger partial charge >= 0.3 is 0 Å². The van der Waals surface area contributed by atoms with Gasteiger partial charge in [0.05, 0.1) is 22.1 Å². The van der Waals surface area contributed by atoms with Crippen LogP contribution in [0.1, 0.15) is 11.1 Å². The van der Waals surface area contributed by atoms with E-state index in [0.717, 1.165) is 45.5 Å². The van der Waals surface area contributed by atoms with Crippen LogP contribution >= 0.6 is 0 Å². The molecule has 10 aromatic carbocycles. The zero-order valence-corrected chi connectivity index (χ0v) is 36.9. The van der Waals surface area contributed by atoms with Crippen LogP contribution in [-0.4, -0.2) is 9.13 Å². The Balaban J connectivity index is 0.879. The molecule has 0 saturated heterocycles. The predicted octanol–water partition coefficient (Wildman–Crippen LogP) is 17.1. The molecule has 0 spiro atoms. The Kier molecular flexibility index (Phi) is 9.57. The van der Waals surface area contributed by atoms with Gasteiger partial charge in [0.2, 0.25) is 0 Å². The molecule has 0 saturated carbocycles. The normalized spacial score (nSPS) is 11.5. The molecule has 314 valence electrons. The predicted molar refractivity (Wildman–Crippen MR) is 279 cm³/mol. The van der Waals surface area contributed by atoms with Gasteiger partial charge in [0.1, 0.15) is 0 Å². The van der Waals surface area contributed by atoms with Crippen molar-refractivity contribution < 1.29 is 0 Å². The highest BCUT2D eigenvalue weighted by Crippen LogP contribution is 2.42. The fourth-order valence-electron chi connectivity index (χ4n) is 10.1. The number of aromatic nitrogens is 2. The summed E-state index contributed by atoms with van der Waals surface area (Å²) in [6.45, 7) is 4.46. The maximum Gasteiger partial charge on any atom is 0.0541 e. The summed E-state index contributed by atoms with van der Waals surface area (Å²) in [5, 5.41) is 5.05. The summed E-state index contributed by atoms with van der Waals surface area (Å²) in [4.78, 5) is 4.71. The number of hydrogen-bond acceptors (Lipinski definition) is 2. The van der Waals surface area contributed by atoms with Gasteiger partial charge in [0.25, 0.3) is 0 Å². The number of nitrogens with zero attached hydrogens (tertiary/aromatic N) is 4. The fraction of sp³-hybridized carbons (Fsp3) is 0.0323. The van der Waals surface area contributed by atoms with Crippen molar-refractivity contribution in [2.45, 2.75) is 13.8 Å². The van der Waals surface area contributed by atoms with Gasteiger partial charge in [0, 0.05) is 67.0 Å². The van der Waals surface area contributed by atoms with Gasteiger partial charge in [-0.3, -0.25) is 0 Å². The molecule has 0 amide bonds. The minimum absolute atomic E-state index is 1.10. The number of para-hydroxylation sites is 6. The second kappa shape index (κ2) is 16.2. The molecule has 12 rings (SSSR count). The quantitative estimate of drug-likeness (QED) is 0.144. The Morgan fingerprint density at radius 1 is 0.258 bits per heavy atom. The standard InChI is InChI=1S/C62H46N4/c1-43-41-51(63(45-17-5-3-6-18-45)47-29-33-49(34-30-47)65-59-25-13-9-21-55(59)56-22-10-14-26-60(56)65)37-39-53(43)54-40-38-52(42-44(54)2)64(46-19-7-4-8-20-46)48-31-35-50(36-32-48)66-61-27-15-11-23-57(61)58-24-12-16-28-62(58)66/h3-42H,1-2H3. The van der Waals surface area contributed by atoms with Crippen LogP contribution in [0.5, 0.6) is 0 Å². The Morgan fingerprint density at radius 2 is 0.530 bits per heavy atom. The third-order valence-corrected chi connectivity index (χ3v) is 13.1. The molecule has 0 atom stereocenters. The molecule has 0 N–H and O–H groups in total. The summed E-state index contributed by atoms with van der Waals surface area (Å²) in [5.74, 6) is 0. The van der Waals surface area contributed by atoms with Crippen LogP contribution in [0.25, 0.3) is 66.1 Å². The lowest BCUT2D eigenvalue weighted by atomic mass is 9.95. The summed E-state index contributed by atoms with van der Waals surface area (Å²) in [5.41, 5.74) is 18.6. The summed E-state index contributed by atoms with van der Waals surface area (Å²) in [7, 11) is 0. The van der Waals surface area contributed by atoms with Gasteiger partial charge < -0.3 is 18.9 Å². The summed E-state index contributed by atoms with van der Waals surface area (Å²) in [6, 6.07) is 87.8. The molecule has 0 aliphatic rings. The van der Waals surface area contributed by atoms with E-state index in [1.54, 1.807) is 0 Å². The van der Waals surface area contributed by atoms with E-state index in [1.807, 2.05) is 0 Å². The summed E-state index contributed by atoms with van der Waals surface area (Å²) < 4.78 is 4.74. The molecule has 2 aromatic heterocycles. The van der Waals surface area contributed by atoms with Crippen molar-refractivity contribution in [3.05, 3.63) is 254 Å². The summed E-state index contributed by atoms with van der Waals surface area (Å²) >= 11 is 0. The first kappa shape index (κ1) is 39.0. The molecule has 0 aliphatic carbocycles. The lowest BCUT2D eigenvalue weighted by molar-refractivity contribution is 1.17. The van der Waals surface area contributed by atoms with Crippen LogP contribution in [0.4, 0.5) is 34.1 Å². The number of benzene rings is 10. The van der Waals surface area contributed by atoms with E-state index in [4.69, 9.17) is 0 Å². The van der Waals surface area contributed by atoms with E-state index in [-0.39, 0.29) is 0 Å². The zero-order chi connectivity index (χ0) is 44.1. The Bertz CT molecular complexity index is 3360. The SMILES string of the molecule is Cc1cc(N(c2ccccc2)c2ccc(-n3c4ccccc4c4ccccc43)cc2)ccc1-c1ccc(N(c2ccccc2)c2ccc(-n3c4ccccc4c4ccccc43)cc2)cc1C. The Labute approximate surface area is 385 Å². The van der Waals surface area contributed by atoms with E-state index in [0.29, 0.717) is 0 Å². The van der Waals surface area contributed by atoms with Gasteiger partial charge in [-0.2, -0.15) is 0 Å². The minimum atomic E-state index is 1.10. The Morgan fingerprint density at radius 3 is 0.848 bits per heavy atom. The van der Waals surface area contributed by atoms with Crippen molar-refractivity contribution in [1.29, 1.82) is 0 Å². The van der Waals surface area contributed by atoms with Gasteiger partial charge in [-0.05, 0) is 157 Å². The highest BCUT2D eigenvalue weighted by Gasteiger charge is 2.19. The average molecular weight is 847 g/mol. The van der Waals surface area contributed by atoms with Crippen LogP contribution < -0.4 is 9.80 Å². The van der Waals surface area contributed by atoms with Crippen molar-refractivity contribution in [3.63, 3.8) is 0 Å². The van der Waals surface area contributed by atoms with Gasteiger partial charge in [-0.15, -0.1) is 0 Å². The zero-order valence-electron chi connectivity index (χ0n) is 36.9. The molecule has 12 aromatic rings. The highest BCUT2D eigenvalue weighted by atomic mass is 15.1. The second-order valence-corrected chi connectivity index (χ2v) is 17.1. The van der Waals surface area contributed by atoms with Gasteiger partial charge in [-0.25, -0.2) is 0 Å². The monoisotopic (exact) mass is 846 g/mol. The molecular formula is C62H46N4. The van der Waals surface area contributed by atoms with Gasteiger partial charge in [-0.1, -0.05) is 121 Å². The molecular weight excluding hydrogens is 801 g/mol. The van der Waals surface area contributed by atoms with Gasteiger partial charge in [0.15, 0.2) is 0 Å². The second-order valence-electron chi connectivity index (χ2n) is 17.1. The minimum Gasteiger partial charge on any atom is -0.310 e. The molecule has 0 unspecified atom stereocenters. The third kappa shape index (κ3) is 6.62. The fourth-order valence-corrected chi connectivity index (χ4v) is 10.1. The smallest absolute Gasteiger partial charge is 0.0541 e. The van der Waals surface area contributed by atoms with E-state index >= 15 is 0 Å². The first-order valence-corrected chi connectivity index (χ1v) is 22.7. The average Bonchev–Trinajstić information content (AvgIpc) is 3.89. The van der Waals surface area contributed by atoms with E-state index in [2.05, 4.69) is 275 Å². The van der Waals surface area contributed by atoms with E-state index < -0.39 is 0 Å². The number of anilines is 6. The molecule has 0 bridgehead atoms. The van der Waals surface area contributed by atoms with Crippen molar-refractivity contribution in [3.8, 4) is 22.5 Å². The highest BCUT2D eigenvalue weighted by molar-refractivity contribution is 6.10. The number of fused-ring (bicyclic) bond motifs is 6. The third-order valence-electron chi connectivity index (χ3n) is 13.1. The van der Waals surface area contributed by atoms with Crippen LogP contribution in [-0.2, 0) is 0 Å². The molecule has 4 nitrogen and oxygen atoms in total. The lowest BCUT2D eigenvalue weighted by Crippen LogP contribution is -2.11. The lowest BCUT2D eigenvalue weighted by Gasteiger charge is -2.27. The molecule has 0 fully saturated rings. The first-order chi connectivity index (χ1) is 32.6. The van der Waals surface area contributed by atoms with Crippen LogP contribution in [0, 0.1) is 13.8 Å². The topological polar surface area (TPSA) is 16.3 Å². The van der Waals surface area contributed by atoms with Crippen molar-refractivity contribution in [2.75, 3.05) is 9.80 Å². The maximum absolute atomic E-state index is 2.37. The van der Waals surface area contributed by atoms with Crippen LogP contribution in [0.2, 0.25) is 0 Å². The first-order valence-electron chi connectivity index (χ1n) is 22.7. The number of hydrogen-bond donors (Lipinski definition) is 0. The Hall–Kier alpha value is -8.60. The number of aryl methyl sites for hydroxylation is 2. The number of rotatable bonds is 9. The molecule has 2 heterocycles. The largest absolute Gasteiger partial charge is 0.310 e. The van der Waals surface area contributed by atoms with E-state index in [9.17, 15) is 0 Å². The van der Waals surface area contributed by atoms with Crippen molar-refractivity contribution in [2.24, 2.45) is 0 Å². The molecule has 66 heavy (non-hydrogen) atoms.